The Morgan fingerprint density at radius 2 is 2.00 bits per heavy atom. The maximum Gasteiger partial charge on any atom is 0.165 e. The van der Waals surface area contributed by atoms with Crippen LogP contribution in [-0.4, -0.2) is 17.0 Å². The first kappa shape index (κ1) is 12.4. The van der Waals surface area contributed by atoms with Gasteiger partial charge in [-0.05, 0) is 24.1 Å². The molecule has 2 nitrogen and oxygen atoms in total. The van der Waals surface area contributed by atoms with Crippen molar-refractivity contribution in [2.45, 2.75) is 32.3 Å². The predicted molar refractivity (Wildman–Crippen MR) is 63.8 cm³/mol. The monoisotopic (exact) mass is 270 g/mol. The van der Waals surface area contributed by atoms with Crippen molar-refractivity contribution in [1.29, 1.82) is 0 Å². The highest BCUT2D eigenvalue weighted by Gasteiger charge is 2.13. The third-order valence-electron chi connectivity index (χ3n) is 2.23. The number of benzene rings is 1. The summed E-state index contributed by atoms with van der Waals surface area (Å²) in [6.07, 6.45) is 0.885. The van der Waals surface area contributed by atoms with Crippen molar-refractivity contribution in [1.82, 2.24) is 0 Å². The molecule has 0 fully saturated rings. The number of Topliss-reactive ketones (excluding diaryl/α,β-unsaturated/α-hetero) is 1. The summed E-state index contributed by atoms with van der Waals surface area (Å²) in [5, 5.41) is 9.47. The largest absolute Gasteiger partial charge is 0.385 e. The lowest BCUT2D eigenvalue weighted by Gasteiger charge is -2.07. The van der Waals surface area contributed by atoms with Crippen molar-refractivity contribution in [3.8, 4) is 0 Å². The van der Waals surface area contributed by atoms with Gasteiger partial charge >= 0.3 is 0 Å². The average Bonchev–Trinajstić information content (AvgIpc) is 2.22. The lowest BCUT2D eigenvalue weighted by Crippen LogP contribution is -2.21. The molecule has 0 radical (unpaired) electrons. The lowest BCUT2D eigenvalue weighted by atomic mass is 10.0. The van der Waals surface area contributed by atoms with Gasteiger partial charge in [0.25, 0.3) is 0 Å². The van der Waals surface area contributed by atoms with Gasteiger partial charge in [0.1, 0.15) is 6.10 Å². The van der Waals surface area contributed by atoms with Gasteiger partial charge < -0.3 is 5.11 Å². The topological polar surface area (TPSA) is 37.3 Å². The van der Waals surface area contributed by atoms with E-state index in [1.165, 1.54) is 0 Å². The van der Waals surface area contributed by atoms with Crippen molar-refractivity contribution in [3.63, 3.8) is 0 Å². The van der Waals surface area contributed by atoms with E-state index in [0.29, 0.717) is 12.8 Å². The van der Waals surface area contributed by atoms with Crippen LogP contribution in [0.25, 0.3) is 0 Å². The molecule has 0 aliphatic carbocycles. The van der Waals surface area contributed by atoms with Gasteiger partial charge in [0.05, 0.1) is 0 Å². The maximum atomic E-state index is 11.5. The molecule has 0 aliphatic rings. The van der Waals surface area contributed by atoms with Gasteiger partial charge in [-0.1, -0.05) is 41.4 Å². The molecule has 0 heterocycles. The Labute approximate surface area is 98.4 Å². The molecule has 1 aromatic rings. The van der Waals surface area contributed by atoms with E-state index < -0.39 is 6.10 Å². The van der Waals surface area contributed by atoms with Crippen LogP contribution in [-0.2, 0) is 11.2 Å². The van der Waals surface area contributed by atoms with Gasteiger partial charge in [0.15, 0.2) is 5.78 Å². The van der Waals surface area contributed by atoms with E-state index in [-0.39, 0.29) is 5.78 Å². The summed E-state index contributed by atoms with van der Waals surface area (Å²) in [5.74, 6) is -0.0980. The minimum absolute atomic E-state index is 0.0980. The molecule has 0 saturated heterocycles. The van der Waals surface area contributed by atoms with E-state index in [1.54, 1.807) is 0 Å². The first-order chi connectivity index (χ1) is 7.13. The third kappa shape index (κ3) is 4.14. The number of rotatable bonds is 5. The zero-order valence-electron chi connectivity index (χ0n) is 8.74. The first-order valence-electron chi connectivity index (χ1n) is 5.08. The molecule has 1 unspecified atom stereocenters. The number of hydrogen-bond donors (Lipinski definition) is 1. The molecule has 0 bridgehead atoms. The summed E-state index contributed by atoms with van der Waals surface area (Å²) in [6, 6.07) is 7.57. The van der Waals surface area contributed by atoms with Crippen LogP contribution in [0.4, 0.5) is 0 Å². The fourth-order valence-corrected chi connectivity index (χ4v) is 1.62. The second kappa shape index (κ2) is 6.03. The summed E-state index contributed by atoms with van der Waals surface area (Å²) in [4.78, 5) is 11.5. The maximum absolute atomic E-state index is 11.5. The zero-order valence-corrected chi connectivity index (χ0v) is 10.3. The van der Waals surface area contributed by atoms with E-state index >= 15 is 0 Å². The number of halogens is 1. The van der Waals surface area contributed by atoms with Crippen LogP contribution in [0.5, 0.6) is 0 Å². The van der Waals surface area contributed by atoms with Crippen molar-refractivity contribution in [3.05, 3.63) is 34.3 Å². The Balaban J connectivity index is 2.54. The third-order valence-corrected chi connectivity index (χ3v) is 2.75. The summed E-state index contributed by atoms with van der Waals surface area (Å²) < 4.78 is 0.993. The molecule has 0 aromatic heterocycles. The van der Waals surface area contributed by atoms with Crippen molar-refractivity contribution >= 4 is 21.7 Å². The molecule has 1 N–H and O–H groups in total. The molecule has 3 heteroatoms. The fraction of sp³-hybridized carbons (Fsp3) is 0.417. The molecule has 82 valence electrons. The van der Waals surface area contributed by atoms with Crippen LogP contribution >= 0.6 is 15.9 Å². The lowest BCUT2D eigenvalue weighted by molar-refractivity contribution is -0.126. The molecular weight excluding hydrogens is 256 g/mol. The van der Waals surface area contributed by atoms with E-state index in [9.17, 15) is 9.90 Å². The van der Waals surface area contributed by atoms with E-state index in [2.05, 4.69) is 15.9 Å². The highest BCUT2D eigenvalue weighted by Crippen LogP contribution is 2.12. The van der Waals surface area contributed by atoms with Crippen molar-refractivity contribution in [2.75, 3.05) is 0 Å². The van der Waals surface area contributed by atoms with E-state index in [4.69, 9.17) is 0 Å². The fourth-order valence-electron chi connectivity index (χ4n) is 1.36. The molecule has 1 rings (SSSR count). The Bertz CT molecular complexity index is 319. The second-order valence-electron chi connectivity index (χ2n) is 3.57. The predicted octanol–water partition coefficient (Wildman–Crippen LogP) is 2.72. The van der Waals surface area contributed by atoms with Crippen LogP contribution in [0.3, 0.4) is 0 Å². The number of carbonyl (C=O) groups is 1. The van der Waals surface area contributed by atoms with Crippen LogP contribution in [0.2, 0.25) is 0 Å². The van der Waals surface area contributed by atoms with Gasteiger partial charge in [0, 0.05) is 10.9 Å². The normalized spacial score (nSPS) is 12.5. The Morgan fingerprint density at radius 1 is 1.40 bits per heavy atom. The number of hydrogen-bond acceptors (Lipinski definition) is 2. The number of aliphatic hydroxyl groups is 1. The van der Waals surface area contributed by atoms with Gasteiger partial charge in [-0.25, -0.2) is 0 Å². The van der Waals surface area contributed by atoms with Gasteiger partial charge in [-0.15, -0.1) is 0 Å². The first-order valence-corrected chi connectivity index (χ1v) is 5.88. The molecule has 15 heavy (non-hydrogen) atoms. The van der Waals surface area contributed by atoms with Crippen molar-refractivity contribution in [2.24, 2.45) is 0 Å². The Morgan fingerprint density at radius 3 is 2.53 bits per heavy atom. The summed E-state index contributed by atoms with van der Waals surface area (Å²) in [5.41, 5.74) is 0.943. The minimum Gasteiger partial charge on any atom is -0.385 e. The van der Waals surface area contributed by atoms with Crippen molar-refractivity contribution < 1.29 is 9.90 Å². The van der Waals surface area contributed by atoms with Crippen LogP contribution in [0.1, 0.15) is 25.3 Å². The van der Waals surface area contributed by atoms with Gasteiger partial charge in [-0.3, -0.25) is 4.79 Å². The molecule has 0 aliphatic heterocycles. The quantitative estimate of drug-likeness (QED) is 0.894. The van der Waals surface area contributed by atoms with Gasteiger partial charge in [-0.2, -0.15) is 0 Å². The second-order valence-corrected chi connectivity index (χ2v) is 4.49. The number of aliphatic hydroxyl groups excluding tert-OH is 1. The van der Waals surface area contributed by atoms with Crippen LogP contribution < -0.4 is 0 Å². The average molecular weight is 271 g/mol. The van der Waals surface area contributed by atoms with E-state index in [1.807, 2.05) is 31.2 Å². The number of carbonyl (C=O) groups excluding carboxylic acids is 1. The highest BCUT2D eigenvalue weighted by molar-refractivity contribution is 9.10. The molecule has 1 aromatic carbocycles. The number of ketones is 1. The minimum atomic E-state index is -0.807. The van der Waals surface area contributed by atoms with Crippen LogP contribution in [0, 0.1) is 0 Å². The summed E-state index contributed by atoms with van der Waals surface area (Å²) in [7, 11) is 0. The molecule has 1 atom stereocenters. The summed E-state index contributed by atoms with van der Waals surface area (Å²) >= 11 is 3.33. The zero-order chi connectivity index (χ0) is 11.3. The summed E-state index contributed by atoms with van der Waals surface area (Å²) in [6.45, 7) is 1.95. The molecular formula is C12H15BrO2. The Hall–Kier alpha value is -0.670. The molecule has 0 spiro atoms. The smallest absolute Gasteiger partial charge is 0.165 e. The Kier molecular flexibility index (Phi) is 4.99. The molecule has 0 amide bonds. The van der Waals surface area contributed by atoms with Gasteiger partial charge in [0.2, 0.25) is 0 Å². The van der Waals surface area contributed by atoms with E-state index in [0.717, 1.165) is 16.5 Å². The highest BCUT2D eigenvalue weighted by atomic mass is 79.9. The molecule has 0 saturated carbocycles. The van der Waals surface area contributed by atoms with Crippen LogP contribution in [0.15, 0.2) is 28.7 Å². The standard InChI is InChI=1S/C12H15BrO2/c1-2-3-11(14)12(15)8-9-4-6-10(13)7-5-9/h4-7,11,14H,2-3,8H2,1H3. The SMILES string of the molecule is CCCC(O)C(=O)Cc1ccc(Br)cc1.